The van der Waals surface area contributed by atoms with Gasteiger partial charge in [0.15, 0.2) is 0 Å². The van der Waals surface area contributed by atoms with Gasteiger partial charge in [0.25, 0.3) is 0 Å². The number of carbonyl (C=O) groups excluding carboxylic acids is 1. The third-order valence-electron chi connectivity index (χ3n) is 4.34. The number of fused-ring (bicyclic) bond motifs is 1. The Bertz CT molecular complexity index is 716. The van der Waals surface area contributed by atoms with Crippen molar-refractivity contribution in [3.05, 3.63) is 34.7 Å². The molecule has 7 heteroatoms. The van der Waals surface area contributed by atoms with Crippen molar-refractivity contribution in [3.8, 4) is 0 Å². The van der Waals surface area contributed by atoms with Crippen LogP contribution in [0.2, 0.25) is 0 Å². The van der Waals surface area contributed by atoms with Crippen LogP contribution in [0.1, 0.15) is 25.7 Å². The molecule has 0 aliphatic heterocycles. The van der Waals surface area contributed by atoms with Gasteiger partial charge >= 0.3 is 5.69 Å². The lowest BCUT2D eigenvalue weighted by Crippen LogP contribution is -2.52. The third kappa shape index (κ3) is 3.03. The normalized spacial score (nSPS) is 16.4. The van der Waals surface area contributed by atoms with Crippen molar-refractivity contribution < 1.29 is 4.79 Å². The second-order valence-electron chi connectivity index (χ2n) is 5.77. The maximum atomic E-state index is 12.3. The Morgan fingerprint density at radius 1 is 1.32 bits per heavy atom. The summed E-state index contributed by atoms with van der Waals surface area (Å²) in [6.07, 6.45) is 4.01. The monoisotopic (exact) mass is 324 g/mol. The molecule has 1 saturated carbocycles. The zero-order valence-electron chi connectivity index (χ0n) is 12.3. The molecule has 1 aromatic heterocycles. The molecule has 0 spiro atoms. The number of nitrogens with zero attached hydrogens (tertiary/aromatic N) is 1. The Kier molecular flexibility index (Phi) is 4.93. The zero-order chi connectivity index (χ0) is 14.9. The van der Waals surface area contributed by atoms with Crippen molar-refractivity contribution in [3.63, 3.8) is 0 Å². The SMILES string of the molecule is Cl.NCC1(NC(=O)Cn2c(=O)[nH]c3ccccc32)CCCC1. The van der Waals surface area contributed by atoms with Crippen LogP contribution in [0.25, 0.3) is 11.0 Å². The summed E-state index contributed by atoms with van der Waals surface area (Å²) in [6.45, 7) is 0.464. The van der Waals surface area contributed by atoms with Gasteiger partial charge in [-0.05, 0) is 25.0 Å². The van der Waals surface area contributed by atoms with Crippen molar-refractivity contribution >= 4 is 29.3 Å². The van der Waals surface area contributed by atoms with Crippen molar-refractivity contribution in [2.75, 3.05) is 6.54 Å². The number of para-hydroxylation sites is 2. The summed E-state index contributed by atoms with van der Waals surface area (Å²) in [4.78, 5) is 27.0. The predicted octanol–water partition coefficient (Wildman–Crippen LogP) is 1.14. The standard InChI is InChI=1S/C15H20N4O2.ClH/c16-10-15(7-3-4-8-15)18-13(20)9-19-12-6-2-1-5-11(12)17-14(19)21;/h1-2,5-6H,3-4,7-10,16H2,(H,17,21)(H,18,20);1H. The molecule has 0 unspecified atom stereocenters. The number of nitrogens with two attached hydrogens (primary N) is 1. The summed E-state index contributed by atoms with van der Waals surface area (Å²) < 4.78 is 1.46. The lowest BCUT2D eigenvalue weighted by atomic mass is 9.98. The molecular formula is C15H21ClN4O2. The lowest BCUT2D eigenvalue weighted by Gasteiger charge is -2.28. The number of aromatic amines is 1. The van der Waals surface area contributed by atoms with Crippen molar-refractivity contribution in [1.82, 2.24) is 14.9 Å². The van der Waals surface area contributed by atoms with Crippen LogP contribution in [0.5, 0.6) is 0 Å². The molecule has 1 fully saturated rings. The number of halogens is 1. The van der Waals surface area contributed by atoms with Crippen molar-refractivity contribution in [2.45, 2.75) is 37.8 Å². The largest absolute Gasteiger partial charge is 0.348 e. The van der Waals surface area contributed by atoms with Gasteiger partial charge in [-0.2, -0.15) is 0 Å². The molecule has 2 aromatic rings. The smallest absolute Gasteiger partial charge is 0.326 e. The van der Waals surface area contributed by atoms with E-state index in [1.165, 1.54) is 4.57 Å². The first-order valence-electron chi connectivity index (χ1n) is 7.32. The first-order valence-corrected chi connectivity index (χ1v) is 7.32. The van der Waals surface area contributed by atoms with Crippen molar-refractivity contribution in [2.24, 2.45) is 5.73 Å². The van der Waals surface area contributed by atoms with Crippen LogP contribution in [0.3, 0.4) is 0 Å². The maximum Gasteiger partial charge on any atom is 0.326 e. The Morgan fingerprint density at radius 3 is 2.68 bits per heavy atom. The lowest BCUT2D eigenvalue weighted by molar-refractivity contribution is -0.123. The Labute approximate surface area is 134 Å². The van der Waals surface area contributed by atoms with Gasteiger partial charge in [-0.25, -0.2) is 4.79 Å². The highest BCUT2D eigenvalue weighted by atomic mass is 35.5. The molecule has 22 heavy (non-hydrogen) atoms. The van der Waals surface area contributed by atoms with E-state index in [0.29, 0.717) is 6.54 Å². The average Bonchev–Trinajstić information content (AvgIpc) is 3.05. The number of benzene rings is 1. The van der Waals surface area contributed by atoms with Crippen LogP contribution < -0.4 is 16.7 Å². The van der Waals surface area contributed by atoms with E-state index in [1.807, 2.05) is 24.3 Å². The fraction of sp³-hybridized carbons (Fsp3) is 0.467. The maximum absolute atomic E-state index is 12.3. The van der Waals surface area contributed by atoms with Crippen LogP contribution in [0, 0.1) is 0 Å². The average molecular weight is 325 g/mol. The summed E-state index contributed by atoms with van der Waals surface area (Å²) in [6, 6.07) is 7.35. The van der Waals surface area contributed by atoms with Gasteiger partial charge in [-0.3, -0.25) is 9.36 Å². The molecule has 1 aliphatic rings. The van der Waals surface area contributed by atoms with E-state index in [4.69, 9.17) is 5.73 Å². The van der Waals surface area contributed by atoms with Gasteiger partial charge in [-0.1, -0.05) is 25.0 Å². The minimum Gasteiger partial charge on any atom is -0.348 e. The number of hydrogen-bond donors (Lipinski definition) is 3. The highest BCUT2D eigenvalue weighted by Gasteiger charge is 2.33. The second-order valence-corrected chi connectivity index (χ2v) is 5.77. The molecular weight excluding hydrogens is 304 g/mol. The van der Waals surface area contributed by atoms with Gasteiger partial charge in [0.05, 0.1) is 16.6 Å². The molecule has 1 amide bonds. The van der Waals surface area contributed by atoms with E-state index in [0.717, 1.165) is 36.7 Å². The summed E-state index contributed by atoms with van der Waals surface area (Å²) in [7, 11) is 0. The molecule has 3 rings (SSSR count). The van der Waals surface area contributed by atoms with Crippen molar-refractivity contribution in [1.29, 1.82) is 0 Å². The fourth-order valence-corrected chi connectivity index (χ4v) is 3.17. The number of H-pyrrole nitrogens is 1. The quantitative estimate of drug-likeness (QED) is 0.787. The van der Waals surface area contributed by atoms with E-state index in [-0.39, 0.29) is 36.1 Å². The first-order chi connectivity index (χ1) is 10.1. The number of rotatable bonds is 4. The zero-order valence-corrected chi connectivity index (χ0v) is 13.1. The number of amides is 1. The van der Waals surface area contributed by atoms with Gasteiger partial charge in [0, 0.05) is 6.54 Å². The molecule has 4 N–H and O–H groups in total. The van der Waals surface area contributed by atoms with Gasteiger partial charge < -0.3 is 16.0 Å². The van der Waals surface area contributed by atoms with E-state index in [1.54, 1.807) is 0 Å². The second kappa shape index (κ2) is 6.54. The van der Waals surface area contributed by atoms with Crippen LogP contribution in [0.4, 0.5) is 0 Å². The van der Waals surface area contributed by atoms with E-state index in [2.05, 4.69) is 10.3 Å². The summed E-state index contributed by atoms with van der Waals surface area (Å²) in [5.74, 6) is -0.158. The molecule has 0 radical (unpaired) electrons. The predicted molar refractivity (Wildman–Crippen MR) is 88.2 cm³/mol. The van der Waals surface area contributed by atoms with Crippen LogP contribution in [-0.2, 0) is 11.3 Å². The fourth-order valence-electron chi connectivity index (χ4n) is 3.17. The number of nitrogens with one attached hydrogen (secondary N) is 2. The van der Waals surface area contributed by atoms with E-state index in [9.17, 15) is 9.59 Å². The Balaban J connectivity index is 0.00000176. The molecule has 0 atom stereocenters. The molecule has 0 bridgehead atoms. The van der Waals surface area contributed by atoms with Gasteiger partial charge in [0.2, 0.25) is 5.91 Å². The highest BCUT2D eigenvalue weighted by molar-refractivity contribution is 5.85. The topological polar surface area (TPSA) is 92.9 Å². The summed E-state index contributed by atoms with van der Waals surface area (Å²) in [5.41, 5.74) is 6.75. The molecule has 1 aromatic carbocycles. The summed E-state index contributed by atoms with van der Waals surface area (Å²) >= 11 is 0. The first kappa shape index (κ1) is 16.6. The summed E-state index contributed by atoms with van der Waals surface area (Å²) in [5, 5.41) is 3.03. The minimum atomic E-state index is -0.285. The van der Waals surface area contributed by atoms with Gasteiger partial charge in [-0.15, -0.1) is 12.4 Å². The number of aromatic nitrogens is 2. The molecule has 120 valence electrons. The molecule has 0 saturated heterocycles. The minimum absolute atomic E-state index is 0. The molecule has 6 nitrogen and oxygen atoms in total. The van der Waals surface area contributed by atoms with Gasteiger partial charge in [0.1, 0.15) is 6.54 Å². The van der Waals surface area contributed by atoms with Crippen LogP contribution in [-0.4, -0.2) is 27.5 Å². The Morgan fingerprint density at radius 2 is 2.00 bits per heavy atom. The van der Waals surface area contributed by atoms with Crippen LogP contribution >= 0.6 is 12.4 Å². The number of imidazole rings is 1. The Hall–Kier alpha value is -1.79. The molecule has 1 heterocycles. The van der Waals surface area contributed by atoms with Crippen LogP contribution in [0.15, 0.2) is 29.1 Å². The number of carbonyl (C=O) groups is 1. The van der Waals surface area contributed by atoms with E-state index < -0.39 is 0 Å². The molecule has 1 aliphatic carbocycles. The van der Waals surface area contributed by atoms with E-state index >= 15 is 0 Å². The number of hydrogen-bond acceptors (Lipinski definition) is 3. The highest BCUT2D eigenvalue weighted by Crippen LogP contribution is 2.28. The third-order valence-corrected chi connectivity index (χ3v) is 4.34.